The molecule has 1 aliphatic rings. The average molecular weight is 931 g/mol. The lowest BCUT2D eigenvalue weighted by Crippen LogP contribution is -2.61. The molecule has 1 saturated carbocycles. The predicted molar refractivity (Wildman–Crippen MR) is 227 cm³/mol. The summed E-state index contributed by atoms with van der Waals surface area (Å²) in [7, 11) is 0. The van der Waals surface area contributed by atoms with Crippen LogP contribution in [0.15, 0.2) is 60.7 Å². The van der Waals surface area contributed by atoms with Gasteiger partial charge >= 0.3 is 23.9 Å². The molecular weight excluding hydrogens is 875 g/mol. The highest BCUT2D eigenvalue weighted by Gasteiger charge is 2.39. The van der Waals surface area contributed by atoms with Crippen LogP contribution in [0.2, 0.25) is 0 Å². The first-order chi connectivity index (χ1) is 31.2. The number of carbonyl (C=O) groups is 10. The number of hydrogen-bond acceptors (Lipinski definition) is 10. The summed E-state index contributed by atoms with van der Waals surface area (Å²) in [5.41, 5.74) is 0.824. The zero-order valence-corrected chi connectivity index (χ0v) is 36.1. The van der Waals surface area contributed by atoms with Gasteiger partial charge in [0.15, 0.2) is 0 Å². The fourth-order valence-electron chi connectivity index (χ4n) is 7.62. The summed E-state index contributed by atoms with van der Waals surface area (Å²) in [6.07, 6.45) is -4.25. The quantitative estimate of drug-likeness (QED) is 0.0610. The van der Waals surface area contributed by atoms with Crippen LogP contribution >= 0.6 is 0 Å². The molecule has 360 valence electrons. The van der Waals surface area contributed by atoms with E-state index in [2.05, 4.69) is 31.9 Å². The molecular formula is C44H56F2N6O14. The van der Waals surface area contributed by atoms with Crippen molar-refractivity contribution < 1.29 is 77.2 Å². The van der Waals surface area contributed by atoms with Gasteiger partial charge in [0.1, 0.15) is 36.3 Å². The van der Waals surface area contributed by atoms with E-state index in [0.29, 0.717) is 24.0 Å². The van der Waals surface area contributed by atoms with E-state index in [1.807, 2.05) is 0 Å². The Labute approximate surface area is 378 Å². The van der Waals surface area contributed by atoms with Crippen molar-refractivity contribution in [1.82, 2.24) is 31.9 Å². The van der Waals surface area contributed by atoms with E-state index in [9.17, 15) is 77.2 Å². The summed E-state index contributed by atoms with van der Waals surface area (Å²) < 4.78 is 26.6. The van der Waals surface area contributed by atoms with E-state index >= 15 is 0 Å². The zero-order chi connectivity index (χ0) is 48.9. The number of amides is 6. The maximum absolute atomic E-state index is 14.8. The first-order valence-corrected chi connectivity index (χ1v) is 21.3. The van der Waals surface area contributed by atoms with Gasteiger partial charge in [-0.2, -0.15) is 0 Å². The summed E-state index contributed by atoms with van der Waals surface area (Å²) in [6, 6.07) is 5.70. The molecule has 2 aromatic rings. The van der Waals surface area contributed by atoms with Crippen molar-refractivity contribution in [2.75, 3.05) is 0 Å². The molecule has 0 aliphatic heterocycles. The number of aliphatic carboxylic acids is 4. The Hall–Kier alpha value is -7.00. The van der Waals surface area contributed by atoms with E-state index in [4.69, 9.17) is 0 Å². The number of nitrogens with one attached hydrogen (secondary N) is 6. The van der Waals surface area contributed by atoms with Crippen LogP contribution in [-0.4, -0.2) is 122 Å². The van der Waals surface area contributed by atoms with E-state index in [1.54, 1.807) is 60.7 Å². The van der Waals surface area contributed by atoms with Gasteiger partial charge in [-0.1, -0.05) is 92.8 Å². The second-order valence-corrected chi connectivity index (χ2v) is 16.0. The van der Waals surface area contributed by atoms with Crippen LogP contribution in [0, 0.1) is 5.92 Å². The van der Waals surface area contributed by atoms with Crippen molar-refractivity contribution in [1.29, 1.82) is 0 Å². The fourth-order valence-corrected chi connectivity index (χ4v) is 7.62. The molecule has 6 atom stereocenters. The minimum atomic E-state index is -3.11. The SMILES string of the molecule is CC(=O)N[C@@H](CC(=O)O)C(=O)N[C@@H](CCC(=O)O)C(=O)N[C@H](C(=O)N[C@@H](CCC(=O)O)C(=O)N[C@@H](CC1CCCCC1)C(=O)N[C@H](CC(F)F)C(=O)O)C(c1ccccc1)c1ccccc1. The molecule has 0 bridgehead atoms. The summed E-state index contributed by atoms with van der Waals surface area (Å²) in [4.78, 5) is 129. The maximum atomic E-state index is 14.8. The third-order valence-corrected chi connectivity index (χ3v) is 10.8. The highest BCUT2D eigenvalue weighted by Crippen LogP contribution is 2.30. The molecule has 20 nitrogen and oxygen atoms in total. The van der Waals surface area contributed by atoms with Crippen molar-refractivity contribution in [2.45, 2.75) is 133 Å². The van der Waals surface area contributed by atoms with Gasteiger partial charge in [0, 0.05) is 32.1 Å². The third-order valence-electron chi connectivity index (χ3n) is 10.8. The molecule has 22 heteroatoms. The normalized spacial score (nSPS) is 15.4. The number of halogens is 2. The number of carboxylic acids is 4. The second kappa shape index (κ2) is 26.7. The van der Waals surface area contributed by atoms with Crippen LogP contribution in [0.1, 0.15) is 101 Å². The van der Waals surface area contributed by atoms with Gasteiger partial charge in [-0.05, 0) is 36.3 Å². The molecule has 0 unspecified atom stereocenters. The van der Waals surface area contributed by atoms with Gasteiger partial charge in [-0.25, -0.2) is 13.6 Å². The van der Waals surface area contributed by atoms with Gasteiger partial charge in [0.25, 0.3) is 0 Å². The number of carboxylic acid groups (broad SMARTS) is 4. The minimum Gasteiger partial charge on any atom is -0.481 e. The number of hydrogen-bond donors (Lipinski definition) is 10. The van der Waals surface area contributed by atoms with E-state index in [0.717, 1.165) is 26.2 Å². The van der Waals surface area contributed by atoms with Gasteiger partial charge in [0.05, 0.1) is 6.42 Å². The number of alkyl halides is 2. The molecule has 6 amide bonds. The smallest absolute Gasteiger partial charge is 0.326 e. The molecule has 66 heavy (non-hydrogen) atoms. The molecule has 0 radical (unpaired) electrons. The molecule has 3 rings (SSSR count). The molecule has 0 aromatic heterocycles. The van der Waals surface area contributed by atoms with Crippen LogP contribution in [-0.2, 0) is 47.9 Å². The fraction of sp³-hybridized carbons (Fsp3) is 0.500. The van der Waals surface area contributed by atoms with Crippen LogP contribution in [0.4, 0.5) is 8.78 Å². The van der Waals surface area contributed by atoms with Crippen LogP contribution in [0.3, 0.4) is 0 Å². The van der Waals surface area contributed by atoms with Gasteiger partial charge in [-0.3, -0.25) is 43.2 Å². The monoisotopic (exact) mass is 930 g/mol. The van der Waals surface area contributed by atoms with Gasteiger partial charge in [-0.15, -0.1) is 0 Å². The van der Waals surface area contributed by atoms with E-state index in [1.165, 1.54) is 0 Å². The average Bonchev–Trinajstić information content (AvgIpc) is 3.25. The van der Waals surface area contributed by atoms with E-state index < -0.39 is 146 Å². The largest absolute Gasteiger partial charge is 0.481 e. The number of rotatable bonds is 27. The Morgan fingerprint density at radius 3 is 1.44 bits per heavy atom. The second-order valence-electron chi connectivity index (χ2n) is 16.0. The molecule has 1 aliphatic carbocycles. The molecule has 0 heterocycles. The summed E-state index contributed by atoms with van der Waals surface area (Å²) in [5.74, 6) is -13.8. The zero-order valence-electron chi connectivity index (χ0n) is 36.1. The molecule has 1 fully saturated rings. The summed E-state index contributed by atoms with van der Waals surface area (Å²) in [5, 5.41) is 52.0. The molecule has 0 saturated heterocycles. The Bertz CT molecular complexity index is 1970. The van der Waals surface area contributed by atoms with E-state index in [-0.39, 0.29) is 12.3 Å². The Kier molecular flexibility index (Phi) is 21.6. The number of carbonyl (C=O) groups excluding carboxylic acids is 6. The van der Waals surface area contributed by atoms with Gasteiger partial charge in [0.2, 0.25) is 41.9 Å². The van der Waals surface area contributed by atoms with Crippen molar-refractivity contribution >= 4 is 59.3 Å². The third kappa shape index (κ3) is 18.2. The Morgan fingerprint density at radius 2 is 0.985 bits per heavy atom. The first-order valence-electron chi connectivity index (χ1n) is 21.3. The lowest BCUT2D eigenvalue weighted by Gasteiger charge is -2.32. The van der Waals surface area contributed by atoms with Crippen molar-refractivity contribution in [3.8, 4) is 0 Å². The van der Waals surface area contributed by atoms with Crippen LogP contribution in [0.5, 0.6) is 0 Å². The Morgan fingerprint density at radius 1 is 0.545 bits per heavy atom. The summed E-state index contributed by atoms with van der Waals surface area (Å²) in [6.45, 7) is 1.01. The summed E-state index contributed by atoms with van der Waals surface area (Å²) >= 11 is 0. The molecule has 10 N–H and O–H groups in total. The standard InChI is InChI=1S/C44H56F2N6O14/c1-24(53)47-31(23-36(58)59)42(63)48-29(18-20-35(56)57)40(61)52-38(37(26-13-7-3-8-14-26)27-15-9-4-10-16-27)43(64)49-28(17-19-34(54)55)39(60)50-30(21-25-11-5-2-6-12-25)41(62)51-32(44(65)66)22-33(45)46/h3-4,7-10,13-16,25,28-33,37-38H,2,5-6,11-12,17-23H2,1H3,(H,47,53)(H,48,63)(H,49,64)(H,50,60)(H,51,62)(H,52,61)(H,54,55)(H,56,57)(H,58,59)(H,65,66)/t28-,29-,30-,31-,32+,38-/m0/s1. The van der Waals surface area contributed by atoms with Crippen molar-refractivity contribution in [2.24, 2.45) is 5.92 Å². The topological polar surface area (TPSA) is 324 Å². The predicted octanol–water partition coefficient (Wildman–Crippen LogP) is 1.66. The van der Waals surface area contributed by atoms with Gasteiger partial charge < -0.3 is 52.3 Å². The highest BCUT2D eigenvalue weighted by molar-refractivity contribution is 5.98. The van der Waals surface area contributed by atoms with Crippen LogP contribution in [0.25, 0.3) is 0 Å². The lowest BCUT2D eigenvalue weighted by molar-refractivity contribution is -0.143. The van der Waals surface area contributed by atoms with Crippen molar-refractivity contribution in [3.05, 3.63) is 71.8 Å². The minimum absolute atomic E-state index is 0.0559. The first kappa shape index (κ1) is 53.3. The lowest BCUT2D eigenvalue weighted by atomic mass is 9.84. The van der Waals surface area contributed by atoms with Crippen molar-refractivity contribution in [3.63, 3.8) is 0 Å². The Balaban J connectivity index is 2.11. The number of benzene rings is 2. The highest BCUT2D eigenvalue weighted by atomic mass is 19.3. The maximum Gasteiger partial charge on any atom is 0.326 e. The molecule has 0 spiro atoms. The molecule has 2 aromatic carbocycles. The van der Waals surface area contributed by atoms with Crippen LogP contribution < -0.4 is 31.9 Å².